The Morgan fingerprint density at radius 2 is 2.00 bits per heavy atom. The summed E-state index contributed by atoms with van der Waals surface area (Å²) in [4.78, 5) is 1.01. The predicted molar refractivity (Wildman–Crippen MR) is 82.9 cm³/mol. The Kier molecular flexibility index (Phi) is 3.94. The van der Waals surface area contributed by atoms with Crippen molar-refractivity contribution in [2.24, 2.45) is 0 Å². The zero-order chi connectivity index (χ0) is 13.9. The second kappa shape index (κ2) is 5.85. The highest BCUT2D eigenvalue weighted by atomic mass is 35.5. The Labute approximate surface area is 127 Å². The molecule has 0 bridgehead atoms. The highest BCUT2D eigenvalue weighted by Gasteiger charge is 2.20. The van der Waals surface area contributed by atoms with Crippen LogP contribution in [-0.2, 0) is 0 Å². The maximum Gasteiger partial charge on any atom is 0.161 e. The molecule has 0 amide bonds. The molecule has 0 spiro atoms. The Hall–Kier alpha value is -1.52. The van der Waals surface area contributed by atoms with Gasteiger partial charge in [-0.05, 0) is 30.3 Å². The van der Waals surface area contributed by atoms with E-state index in [-0.39, 0.29) is 6.10 Å². The van der Waals surface area contributed by atoms with Crippen LogP contribution in [0.3, 0.4) is 0 Å². The first-order valence-corrected chi connectivity index (χ1v) is 7.65. The molecule has 104 valence electrons. The van der Waals surface area contributed by atoms with Crippen LogP contribution in [0, 0.1) is 0 Å². The third-order valence-corrected chi connectivity index (χ3v) is 4.42. The molecule has 1 heterocycles. The van der Waals surface area contributed by atoms with Crippen molar-refractivity contribution >= 4 is 29.1 Å². The van der Waals surface area contributed by atoms with E-state index in [2.05, 4.69) is 0 Å². The summed E-state index contributed by atoms with van der Waals surface area (Å²) in [6, 6.07) is 13.2. The maximum absolute atomic E-state index is 5.94. The molecular weight excluding hydrogens is 294 g/mol. The molecule has 0 aliphatic carbocycles. The average Bonchev–Trinajstić information content (AvgIpc) is 2.46. The Morgan fingerprint density at radius 1 is 1.20 bits per heavy atom. The molecular formula is C15H14ClNO2S. The number of para-hydroxylation sites is 2. The lowest BCUT2D eigenvalue weighted by Gasteiger charge is -2.26. The summed E-state index contributed by atoms with van der Waals surface area (Å²) in [5, 5.41) is 0.651. The zero-order valence-electron chi connectivity index (χ0n) is 10.7. The van der Waals surface area contributed by atoms with Crippen LogP contribution in [0.2, 0.25) is 5.02 Å². The van der Waals surface area contributed by atoms with Gasteiger partial charge in [-0.3, -0.25) is 0 Å². The van der Waals surface area contributed by atoms with E-state index >= 15 is 0 Å². The summed E-state index contributed by atoms with van der Waals surface area (Å²) in [5.41, 5.74) is 6.63. The molecule has 2 aromatic carbocycles. The number of rotatable bonds is 3. The van der Waals surface area contributed by atoms with Gasteiger partial charge in [0, 0.05) is 21.4 Å². The minimum absolute atomic E-state index is 0.0185. The Bertz CT molecular complexity index is 621. The fourth-order valence-electron chi connectivity index (χ4n) is 1.98. The molecule has 20 heavy (non-hydrogen) atoms. The molecule has 5 heteroatoms. The second-order valence-electron chi connectivity index (χ2n) is 4.49. The Balaban J connectivity index is 1.63. The molecule has 0 saturated carbocycles. The lowest BCUT2D eigenvalue weighted by Crippen LogP contribution is -2.31. The molecule has 0 saturated heterocycles. The molecule has 1 aliphatic rings. The first kappa shape index (κ1) is 13.5. The first-order valence-electron chi connectivity index (χ1n) is 6.28. The number of thioether (sulfide) groups is 1. The van der Waals surface area contributed by atoms with Gasteiger partial charge in [-0.2, -0.15) is 0 Å². The summed E-state index contributed by atoms with van der Waals surface area (Å²) < 4.78 is 11.6. The van der Waals surface area contributed by atoms with Crippen molar-refractivity contribution in [2.45, 2.75) is 11.0 Å². The summed E-state index contributed by atoms with van der Waals surface area (Å²) in [7, 11) is 0. The molecule has 3 rings (SSSR count). The van der Waals surface area contributed by atoms with Crippen LogP contribution in [-0.4, -0.2) is 18.5 Å². The average molecular weight is 308 g/mol. The molecule has 2 aromatic rings. The minimum Gasteiger partial charge on any atom is -0.486 e. The molecule has 1 atom stereocenters. The number of benzene rings is 2. The van der Waals surface area contributed by atoms with Crippen LogP contribution in [0.15, 0.2) is 47.4 Å². The second-order valence-corrected chi connectivity index (χ2v) is 5.99. The fourth-order valence-corrected chi connectivity index (χ4v) is 3.08. The van der Waals surface area contributed by atoms with Crippen LogP contribution < -0.4 is 15.2 Å². The summed E-state index contributed by atoms with van der Waals surface area (Å²) in [6.07, 6.45) is 0.0185. The maximum atomic E-state index is 5.94. The number of anilines is 1. The van der Waals surface area contributed by atoms with Crippen LogP contribution in [0.1, 0.15) is 0 Å². The molecule has 3 nitrogen and oxygen atoms in total. The van der Waals surface area contributed by atoms with E-state index in [1.165, 1.54) is 0 Å². The number of hydrogen-bond donors (Lipinski definition) is 1. The van der Waals surface area contributed by atoms with Crippen LogP contribution in [0.5, 0.6) is 11.5 Å². The van der Waals surface area contributed by atoms with Gasteiger partial charge in [0.25, 0.3) is 0 Å². The SMILES string of the molecule is Nc1cc(Cl)ccc1SCC1COc2ccccc2O1. The van der Waals surface area contributed by atoms with Gasteiger partial charge in [0.2, 0.25) is 0 Å². The van der Waals surface area contributed by atoms with Gasteiger partial charge in [0.05, 0.1) is 0 Å². The smallest absolute Gasteiger partial charge is 0.161 e. The molecule has 0 fully saturated rings. The van der Waals surface area contributed by atoms with E-state index in [9.17, 15) is 0 Å². The lowest BCUT2D eigenvalue weighted by atomic mass is 10.3. The lowest BCUT2D eigenvalue weighted by molar-refractivity contribution is 0.107. The van der Waals surface area contributed by atoms with E-state index in [1.807, 2.05) is 36.4 Å². The molecule has 0 radical (unpaired) electrons. The zero-order valence-corrected chi connectivity index (χ0v) is 12.3. The van der Waals surface area contributed by atoms with Gasteiger partial charge in [0.1, 0.15) is 12.7 Å². The van der Waals surface area contributed by atoms with Crippen molar-refractivity contribution in [3.05, 3.63) is 47.5 Å². The van der Waals surface area contributed by atoms with Crippen molar-refractivity contribution in [1.29, 1.82) is 0 Å². The highest BCUT2D eigenvalue weighted by Crippen LogP contribution is 2.33. The van der Waals surface area contributed by atoms with Crippen LogP contribution in [0.4, 0.5) is 5.69 Å². The largest absolute Gasteiger partial charge is 0.486 e. The molecule has 1 unspecified atom stereocenters. The summed E-state index contributed by atoms with van der Waals surface area (Å²) in [6.45, 7) is 0.553. The number of hydrogen-bond acceptors (Lipinski definition) is 4. The normalized spacial score (nSPS) is 16.9. The predicted octanol–water partition coefficient (Wildman–Crippen LogP) is 3.85. The van der Waals surface area contributed by atoms with Gasteiger partial charge in [-0.25, -0.2) is 0 Å². The van der Waals surface area contributed by atoms with Crippen LogP contribution >= 0.6 is 23.4 Å². The quantitative estimate of drug-likeness (QED) is 0.691. The van der Waals surface area contributed by atoms with Crippen molar-refractivity contribution in [3.8, 4) is 11.5 Å². The summed E-state index contributed by atoms with van der Waals surface area (Å²) in [5.74, 6) is 2.38. The minimum atomic E-state index is 0.0185. The van der Waals surface area contributed by atoms with Gasteiger partial charge in [-0.1, -0.05) is 23.7 Å². The highest BCUT2D eigenvalue weighted by molar-refractivity contribution is 7.99. The monoisotopic (exact) mass is 307 g/mol. The third-order valence-electron chi connectivity index (χ3n) is 2.96. The van der Waals surface area contributed by atoms with Gasteiger partial charge in [-0.15, -0.1) is 11.8 Å². The number of fused-ring (bicyclic) bond motifs is 1. The third kappa shape index (κ3) is 2.97. The van der Waals surface area contributed by atoms with E-state index in [0.29, 0.717) is 17.3 Å². The summed E-state index contributed by atoms with van der Waals surface area (Å²) >= 11 is 7.54. The number of nitrogens with two attached hydrogens (primary N) is 1. The Morgan fingerprint density at radius 3 is 2.80 bits per heavy atom. The van der Waals surface area contributed by atoms with Gasteiger partial charge in [0.15, 0.2) is 11.5 Å². The fraction of sp³-hybridized carbons (Fsp3) is 0.200. The van der Waals surface area contributed by atoms with Crippen molar-refractivity contribution in [2.75, 3.05) is 18.1 Å². The van der Waals surface area contributed by atoms with E-state index in [1.54, 1.807) is 17.8 Å². The molecule has 2 N–H and O–H groups in total. The van der Waals surface area contributed by atoms with Crippen molar-refractivity contribution in [1.82, 2.24) is 0 Å². The number of nitrogen functional groups attached to an aromatic ring is 1. The van der Waals surface area contributed by atoms with Gasteiger partial charge >= 0.3 is 0 Å². The van der Waals surface area contributed by atoms with Crippen LogP contribution in [0.25, 0.3) is 0 Å². The standard InChI is InChI=1S/C15H14ClNO2S/c16-10-5-6-15(12(17)7-10)20-9-11-8-18-13-3-1-2-4-14(13)19-11/h1-7,11H,8-9,17H2. The van der Waals surface area contributed by atoms with E-state index in [4.69, 9.17) is 26.8 Å². The molecule has 0 aromatic heterocycles. The number of ether oxygens (including phenoxy) is 2. The number of halogens is 1. The van der Waals surface area contributed by atoms with E-state index in [0.717, 1.165) is 22.1 Å². The van der Waals surface area contributed by atoms with Crippen molar-refractivity contribution < 1.29 is 9.47 Å². The first-order chi connectivity index (χ1) is 9.72. The van der Waals surface area contributed by atoms with Crippen molar-refractivity contribution in [3.63, 3.8) is 0 Å². The van der Waals surface area contributed by atoms with Gasteiger partial charge < -0.3 is 15.2 Å². The van der Waals surface area contributed by atoms with E-state index < -0.39 is 0 Å². The topological polar surface area (TPSA) is 44.5 Å². The molecule has 1 aliphatic heterocycles.